The fourth-order valence-corrected chi connectivity index (χ4v) is 3.88. The molecule has 2 atom stereocenters. The van der Waals surface area contributed by atoms with Gasteiger partial charge in [0.15, 0.2) is 11.8 Å². The molecule has 0 spiro atoms. The van der Waals surface area contributed by atoms with Crippen molar-refractivity contribution in [2.45, 2.75) is 37.8 Å². The fraction of sp³-hybridized carbons (Fsp3) is 0.304. The van der Waals surface area contributed by atoms with Gasteiger partial charge in [0, 0.05) is 17.8 Å². The van der Waals surface area contributed by atoms with Crippen molar-refractivity contribution in [2.24, 2.45) is 16.5 Å². The summed E-state index contributed by atoms with van der Waals surface area (Å²) >= 11 is 0. The van der Waals surface area contributed by atoms with Crippen LogP contribution in [0, 0.1) is 0 Å². The van der Waals surface area contributed by atoms with Gasteiger partial charge in [0.25, 0.3) is 0 Å². The topological polar surface area (TPSA) is 124 Å². The Bertz CT molecular complexity index is 1110. The maximum atomic E-state index is 5.67. The zero-order valence-corrected chi connectivity index (χ0v) is 21.2. The number of rotatable bonds is 6. The number of halogens is 3. The minimum atomic E-state index is 0. The molecule has 0 amide bonds. The van der Waals surface area contributed by atoms with Crippen LogP contribution in [-0.2, 0) is 0 Å². The molecule has 34 heavy (non-hydrogen) atoms. The van der Waals surface area contributed by atoms with Crippen LogP contribution in [0.15, 0.2) is 47.7 Å². The van der Waals surface area contributed by atoms with Crippen LogP contribution < -0.4 is 21.5 Å². The van der Waals surface area contributed by atoms with E-state index in [1.165, 1.54) is 0 Å². The van der Waals surface area contributed by atoms with Crippen molar-refractivity contribution in [1.29, 1.82) is 0 Å². The van der Waals surface area contributed by atoms with Crippen molar-refractivity contribution in [1.82, 2.24) is 15.0 Å². The lowest BCUT2D eigenvalue weighted by Crippen LogP contribution is -2.38. The average molecular weight is 527 g/mol. The number of pyridine rings is 1. The number of hydrogen-bond donors (Lipinski definition) is 3. The van der Waals surface area contributed by atoms with E-state index in [0.717, 1.165) is 53.7 Å². The van der Waals surface area contributed by atoms with Crippen molar-refractivity contribution in [2.75, 3.05) is 12.4 Å². The van der Waals surface area contributed by atoms with Crippen LogP contribution in [0.25, 0.3) is 23.1 Å². The van der Waals surface area contributed by atoms with Crippen LogP contribution in [0.5, 0.6) is 5.75 Å². The normalized spacial score (nSPS) is 17.1. The highest BCUT2D eigenvalue weighted by molar-refractivity contribution is 5.91. The summed E-state index contributed by atoms with van der Waals surface area (Å²) in [5, 5.41) is 4.49. The van der Waals surface area contributed by atoms with E-state index in [-0.39, 0.29) is 55.3 Å². The second kappa shape index (κ2) is 13.8. The van der Waals surface area contributed by atoms with Gasteiger partial charge < -0.3 is 21.5 Å². The van der Waals surface area contributed by atoms with Crippen LogP contribution >= 0.6 is 37.2 Å². The Kier molecular flexibility index (Phi) is 11.9. The summed E-state index contributed by atoms with van der Waals surface area (Å²) in [6, 6.07) is 9.78. The van der Waals surface area contributed by atoms with Gasteiger partial charge in [-0.2, -0.15) is 0 Å². The van der Waals surface area contributed by atoms with Crippen molar-refractivity contribution >= 4 is 72.1 Å². The van der Waals surface area contributed by atoms with Gasteiger partial charge in [-0.25, -0.2) is 15.0 Å². The summed E-state index contributed by atoms with van der Waals surface area (Å²) < 4.78 is 5.42. The van der Waals surface area contributed by atoms with Crippen LogP contribution in [0.1, 0.15) is 37.1 Å². The van der Waals surface area contributed by atoms with Gasteiger partial charge in [0.1, 0.15) is 11.6 Å². The summed E-state index contributed by atoms with van der Waals surface area (Å²) in [7, 11) is 1.65. The summed E-state index contributed by atoms with van der Waals surface area (Å²) in [4.78, 5) is 18.1. The number of nitrogens with two attached hydrogens (primary N) is 2. The number of methoxy groups -OCH3 is 1. The lowest BCUT2D eigenvalue weighted by molar-refractivity contribution is 0.405. The predicted molar refractivity (Wildman–Crippen MR) is 146 cm³/mol. The first-order valence-corrected chi connectivity index (χ1v) is 10.4. The molecule has 184 valence electrons. The number of hydrogen-bond acceptors (Lipinski definition) is 6. The lowest BCUT2D eigenvalue weighted by atomic mass is 9.90. The third-order valence-electron chi connectivity index (χ3n) is 5.40. The smallest absolute Gasteiger partial charge is 0.186 e. The Balaban J connectivity index is 0.00000193. The molecule has 1 fully saturated rings. The van der Waals surface area contributed by atoms with Gasteiger partial charge in [-0.05, 0) is 54.8 Å². The molecule has 1 aromatic carbocycles. The van der Waals surface area contributed by atoms with E-state index in [4.69, 9.17) is 26.2 Å². The first kappa shape index (κ1) is 29.2. The first-order chi connectivity index (χ1) is 15.1. The van der Waals surface area contributed by atoms with E-state index in [9.17, 15) is 0 Å². The molecule has 2 aromatic heterocycles. The number of fused-ring (bicyclic) bond motifs is 1. The Morgan fingerprint density at radius 3 is 2.59 bits per heavy atom. The van der Waals surface area contributed by atoms with Crippen molar-refractivity contribution in [3.05, 3.63) is 54.1 Å². The van der Waals surface area contributed by atoms with Gasteiger partial charge in [-0.3, -0.25) is 4.98 Å². The molecule has 2 heterocycles. The first-order valence-electron chi connectivity index (χ1n) is 10.4. The molecule has 0 saturated heterocycles. The average Bonchev–Trinajstić information content (AvgIpc) is 2.79. The van der Waals surface area contributed by atoms with E-state index >= 15 is 0 Å². The zero-order valence-electron chi connectivity index (χ0n) is 18.8. The number of aromatic nitrogens is 3. The number of nitrogens with zero attached hydrogens (tertiary/aromatic N) is 4. The minimum Gasteiger partial charge on any atom is -0.497 e. The third kappa shape index (κ3) is 7.35. The zero-order chi connectivity index (χ0) is 21.6. The summed E-state index contributed by atoms with van der Waals surface area (Å²) in [5.74, 6) is 2.23. The third-order valence-corrected chi connectivity index (χ3v) is 5.40. The molecule has 0 unspecified atom stereocenters. The molecule has 0 aliphatic heterocycles. The molecule has 8 nitrogen and oxygen atoms in total. The number of aliphatic imine (C=N–C) groups is 1. The Morgan fingerprint density at radius 2 is 1.88 bits per heavy atom. The SMILES string of the molecule is COc1ccc2nc(/C=C/c3cccnc3)nc(N[C@@H]3CCCC[C@@H]3N=C(N)N)c2c1.Cl.Cl.Cl. The van der Waals surface area contributed by atoms with E-state index in [1.807, 2.05) is 42.5 Å². The monoisotopic (exact) mass is 525 g/mol. The maximum absolute atomic E-state index is 5.67. The van der Waals surface area contributed by atoms with E-state index in [1.54, 1.807) is 19.5 Å². The predicted octanol–water partition coefficient (Wildman–Crippen LogP) is 4.47. The largest absolute Gasteiger partial charge is 0.497 e. The molecule has 4 rings (SSSR count). The Labute approximate surface area is 217 Å². The Morgan fingerprint density at radius 1 is 1.09 bits per heavy atom. The highest BCUT2D eigenvalue weighted by atomic mass is 35.5. The molecular weight excluding hydrogens is 497 g/mol. The molecule has 5 N–H and O–H groups in total. The van der Waals surface area contributed by atoms with E-state index < -0.39 is 0 Å². The van der Waals surface area contributed by atoms with Gasteiger partial charge in [0.2, 0.25) is 0 Å². The molecule has 0 bridgehead atoms. The Hall–Kier alpha value is -2.81. The number of guanidine groups is 1. The molecule has 11 heteroatoms. The van der Waals surface area contributed by atoms with E-state index in [2.05, 4.69) is 15.3 Å². The quantitative estimate of drug-likeness (QED) is 0.320. The van der Waals surface area contributed by atoms with Crippen molar-refractivity contribution < 1.29 is 4.74 Å². The van der Waals surface area contributed by atoms with Crippen molar-refractivity contribution in [3.8, 4) is 5.75 Å². The maximum Gasteiger partial charge on any atom is 0.186 e. The van der Waals surface area contributed by atoms with Gasteiger partial charge in [-0.1, -0.05) is 18.9 Å². The molecule has 1 saturated carbocycles. The number of nitrogens with one attached hydrogen (secondary N) is 1. The second-order valence-corrected chi connectivity index (χ2v) is 7.59. The highest BCUT2D eigenvalue weighted by Gasteiger charge is 2.26. The van der Waals surface area contributed by atoms with Crippen LogP contribution in [-0.4, -0.2) is 40.1 Å². The number of benzene rings is 1. The van der Waals surface area contributed by atoms with Crippen LogP contribution in [0.2, 0.25) is 0 Å². The minimum absolute atomic E-state index is 0. The van der Waals surface area contributed by atoms with Gasteiger partial charge >= 0.3 is 0 Å². The molecule has 1 aliphatic carbocycles. The number of anilines is 1. The summed E-state index contributed by atoms with van der Waals surface area (Å²) in [6.07, 6.45) is 11.5. The van der Waals surface area contributed by atoms with Crippen molar-refractivity contribution in [3.63, 3.8) is 0 Å². The standard InChI is InChI=1S/C23H27N7O.3ClH/c1-31-16-9-10-18-17(13-16)22(28-19-6-2-3-7-20(19)29-23(24)25)30-21(27-18)11-8-15-5-4-12-26-14-15;;;/h4-5,8-14,19-20H,2-3,6-7H2,1H3,(H4,24,25,29)(H,27,28,30);3*1H/b11-8+;;;/t19-,20+;;;/m1.../s1. The van der Waals surface area contributed by atoms with Crippen LogP contribution in [0.3, 0.4) is 0 Å². The molecular formula is C23H30Cl3N7O. The van der Waals surface area contributed by atoms with Crippen LogP contribution in [0.4, 0.5) is 5.82 Å². The summed E-state index contributed by atoms with van der Waals surface area (Å²) in [6.45, 7) is 0. The van der Waals surface area contributed by atoms with Gasteiger partial charge in [-0.15, -0.1) is 37.2 Å². The second-order valence-electron chi connectivity index (χ2n) is 7.59. The highest BCUT2D eigenvalue weighted by Crippen LogP contribution is 2.29. The molecule has 3 aromatic rings. The molecule has 1 aliphatic rings. The lowest BCUT2D eigenvalue weighted by Gasteiger charge is -2.30. The van der Waals surface area contributed by atoms with E-state index in [0.29, 0.717) is 5.82 Å². The summed E-state index contributed by atoms with van der Waals surface area (Å²) in [5.41, 5.74) is 13.2. The number of ether oxygens (including phenoxy) is 1. The molecule has 0 radical (unpaired) electrons. The fourth-order valence-electron chi connectivity index (χ4n) is 3.88. The van der Waals surface area contributed by atoms with Gasteiger partial charge in [0.05, 0.1) is 24.7 Å².